The Morgan fingerprint density at radius 2 is 2.07 bits per heavy atom. The van der Waals surface area contributed by atoms with Crippen molar-refractivity contribution in [2.24, 2.45) is 5.41 Å². The summed E-state index contributed by atoms with van der Waals surface area (Å²) in [5, 5.41) is 2.96. The smallest absolute Gasteiger partial charge is 0.272 e. The summed E-state index contributed by atoms with van der Waals surface area (Å²) in [5.41, 5.74) is 1.12. The highest BCUT2D eigenvalue weighted by Gasteiger charge is 2.31. The molecule has 3 rings (SSSR count). The van der Waals surface area contributed by atoms with Gasteiger partial charge in [0.25, 0.3) is 5.91 Å². The minimum Gasteiger partial charge on any atom is -0.350 e. The Balaban J connectivity index is 1.94. The fourth-order valence-electron chi connectivity index (χ4n) is 3.40. The van der Waals surface area contributed by atoms with Crippen molar-refractivity contribution in [1.82, 2.24) is 19.0 Å². The number of hydrogen-bond donors (Lipinski definition) is 1. The predicted octanol–water partition coefficient (Wildman–Crippen LogP) is 2.25. The van der Waals surface area contributed by atoms with Gasteiger partial charge in [0.2, 0.25) is 10.0 Å². The van der Waals surface area contributed by atoms with E-state index in [-0.39, 0.29) is 17.2 Å². The molecule has 0 aromatic carbocycles. The number of piperidine rings is 1. The summed E-state index contributed by atoms with van der Waals surface area (Å²) in [6, 6.07) is 5.65. The van der Waals surface area contributed by atoms with Crippen LogP contribution in [0.3, 0.4) is 0 Å². The monoisotopic (exact) mass is 392 g/mol. The van der Waals surface area contributed by atoms with Gasteiger partial charge in [0.05, 0.1) is 11.8 Å². The molecule has 0 radical (unpaired) electrons. The quantitative estimate of drug-likeness (QED) is 0.865. The van der Waals surface area contributed by atoms with E-state index in [1.807, 2.05) is 28.8 Å². The van der Waals surface area contributed by atoms with E-state index >= 15 is 0 Å². The van der Waals surface area contributed by atoms with Crippen LogP contribution >= 0.6 is 0 Å². The lowest BCUT2D eigenvalue weighted by molar-refractivity contribution is 0.0936. The number of carbonyl (C=O) groups excluding carboxylic acids is 1. The molecule has 0 spiro atoms. The molecule has 148 valence electrons. The third kappa shape index (κ3) is 4.50. The lowest BCUT2D eigenvalue weighted by Crippen LogP contribution is -2.38. The van der Waals surface area contributed by atoms with Crippen molar-refractivity contribution in [3.63, 3.8) is 0 Å². The molecular formula is C19H28N4O3S. The van der Waals surface area contributed by atoms with Crippen LogP contribution in [0.2, 0.25) is 0 Å². The van der Waals surface area contributed by atoms with Crippen LogP contribution in [-0.4, -0.2) is 53.9 Å². The molecular weight excluding hydrogens is 364 g/mol. The van der Waals surface area contributed by atoms with Gasteiger partial charge in [-0.25, -0.2) is 17.7 Å². The molecule has 0 unspecified atom stereocenters. The first-order valence-corrected chi connectivity index (χ1v) is 11.1. The van der Waals surface area contributed by atoms with Gasteiger partial charge in [-0.3, -0.25) is 4.79 Å². The van der Waals surface area contributed by atoms with Crippen LogP contribution in [0.4, 0.5) is 0 Å². The van der Waals surface area contributed by atoms with Crippen molar-refractivity contribution < 1.29 is 13.2 Å². The third-order valence-electron chi connectivity index (χ3n) is 4.79. The van der Waals surface area contributed by atoms with E-state index in [0.717, 1.165) is 24.2 Å². The second-order valence-corrected chi connectivity index (χ2v) is 10.5. The van der Waals surface area contributed by atoms with E-state index in [4.69, 9.17) is 0 Å². The summed E-state index contributed by atoms with van der Waals surface area (Å²) in [6.45, 7) is 7.68. The molecule has 0 bridgehead atoms. The number of amides is 1. The Morgan fingerprint density at radius 3 is 2.74 bits per heavy atom. The number of sulfonamides is 1. The van der Waals surface area contributed by atoms with Crippen LogP contribution in [0.15, 0.2) is 24.4 Å². The summed E-state index contributed by atoms with van der Waals surface area (Å²) in [4.78, 5) is 17.4. The molecule has 1 aliphatic rings. The van der Waals surface area contributed by atoms with Crippen molar-refractivity contribution in [3.8, 4) is 0 Å². The molecule has 2 aromatic rings. The number of hydrogen-bond acceptors (Lipinski definition) is 4. The summed E-state index contributed by atoms with van der Waals surface area (Å²) in [6.07, 6.45) is 4.76. The van der Waals surface area contributed by atoms with Crippen molar-refractivity contribution >= 4 is 21.4 Å². The number of nitrogens with one attached hydrogen (secondary N) is 1. The van der Waals surface area contributed by atoms with Crippen LogP contribution in [0, 0.1) is 5.41 Å². The van der Waals surface area contributed by atoms with Gasteiger partial charge in [-0.1, -0.05) is 26.8 Å². The fraction of sp³-hybridized carbons (Fsp3) is 0.579. The minimum atomic E-state index is -3.24. The highest BCUT2D eigenvalue weighted by atomic mass is 32.2. The van der Waals surface area contributed by atoms with E-state index in [1.165, 1.54) is 10.6 Å². The molecule has 1 atom stereocenters. The van der Waals surface area contributed by atoms with Gasteiger partial charge in [0.15, 0.2) is 5.69 Å². The second-order valence-electron chi connectivity index (χ2n) is 8.48. The first-order valence-electron chi connectivity index (χ1n) is 9.26. The molecule has 0 aliphatic carbocycles. The van der Waals surface area contributed by atoms with Gasteiger partial charge in [-0.05, 0) is 30.4 Å². The Kier molecular flexibility index (Phi) is 5.31. The Hall–Kier alpha value is -1.93. The van der Waals surface area contributed by atoms with Gasteiger partial charge >= 0.3 is 0 Å². The average molecular weight is 393 g/mol. The summed E-state index contributed by atoms with van der Waals surface area (Å²) in [5.74, 6) is 0.517. The second kappa shape index (κ2) is 7.24. The van der Waals surface area contributed by atoms with Crippen molar-refractivity contribution in [2.75, 3.05) is 25.9 Å². The van der Waals surface area contributed by atoms with E-state index in [9.17, 15) is 13.2 Å². The number of pyridine rings is 1. The fourth-order valence-corrected chi connectivity index (χ4v) is 4.31. The van der Waals surface area contributed by atoms with Crippen LogP contribution < -0.4 is 5.32 Å². The maximum atomic E-state index is 12.7. The van der Waals surface area contributed by atoms with Crippen LogP contribution in [0.5, 0.6) is 0 Å². The largest absolute Gasteiger partial charge is 0.350 e. The number of aromatic nitrogens is 2. The maximum Gasteiger partial charge on any atom is 0.272 e. The topological polar surface area (TPSA) is 83.8 Å². The molecule has 7 nitrogen and oxygen atoms in total. The number of nitrogens with zero attached hydrogens (tertiary/aromatic N) is 3. The number of fused-ring (bicyclic) bond motifs is 1. The average Bonchev–Trinajstić information content (AvgIpc) is 2.98. The molecule has 27 heavy (non-hydrogen) atoms. The van der Waals surface area contributed by atoms with Gasteiger partial charge in [-0.15, -0.1) is 0 Å². The van der Waals surface area contributed by atoms with Crippen molar-refractivity contribution in [3.05, 3.63) is 35.9 Å². The van der Waals surface area contributed by atoms with Crippen molar-refractivity contribution in [1.29, 1.82) is 0 Å². The van der Waals surface area contributed by atoms with E-state index in [0.29, 0.717) is 25.3 Å². The zero-order valence-electron chi connectivity index (χ0n) is 16.4. The van der Waals surface area contributed by atoms with Crippen LogP contribution in [0.1, 0.15) is 55.8 Å². The highest BCUT2D eigenvalue weighted by Crippen LogP contribution is 2.29. The molecule has 1 N–H and O–H groups in total. The Morgan fingerprint density at radius 1 is 1.33 bits per heavy atom. The molecule has 2 aromatic heterocycles. The van der Waals surface area contributed by atoms with Gasteiger partial charge < -0.3 is 9.72 Å². The molecule has 1 amide bonds. The number of imidazole rings is 1. The maximum absolute atomic E-state index is 12.7. The Bertz CT molecular complexity index is 944. The highest BCUT2D eigenvalue weighted by molar-refractivity contribution is 7.88. The molecule has 1 aliphatic heterocycles. The third-order valence-corrected chi connectivity index (χ3v) is 6.06. The van der Waals surface area contributed by atoms with E-state index < -0.39 is 10.0 Å². The molecule has 1 fully saturated rings. The first kappa shape index (κ1) is 19.8. The van der Waals surface area contributed by atoms with Gasteiger partial charge in [-0.2, -0.15) is 0 Å². The molecule has 8 heteroatoms. The minimum absolute atomic E-state index is 0.0205. The van der Waals surface area contributed by atoms with Gasteiger partial charge in [0, 0.05) is 31.7 Å². The van der Waals surface area contributed by atoms with E-state index in [1.54, 1.807) is 0 Å². The molecule has 1 saturated heterocycles. The zero-order valence-corrected chi connectivity index (χ0v) is 17.2. The normalized spacial score (nSPS) is 19.3. The van der Waals surface area contributed by atoms with E-state index in [2.05, 4.69) is 31.1 Å². The lowest BCUT2D eigenvalue weighted by Gasteiger charge is -2.30. The zero-order chi connectivity index (χ0) is 19.8. The predicted molar refractivity (Wildman–Crippen MR) is 105 cm³/mol. The molecule has 0 saturated carbocycles. The first-order chi connectivity index (χ1) is 12.6. The van der Waals surface area contributed by atoms with Crippen LogP contribution in [-0.2, 0) is 10.0 Å². The SMILES string of the molecule is CC(C)(C)CNC(=O)c1nc([C@@H]2CCCN(S(C)(=O)=O)C2)n2ccccc12. The summed E-state index contributed by atoms with van der Waals surface area (Å²) in [7, 11) is -3.24. The van der Waals surface area contributed by atoms with Crippen LogP contribution in [0.25, 0.3) is 5.52 Å². The number of rotatable bonds is 4. The van der Waals surface area contributed by atoms with Crippen molar-refractivity contribution in [2.45, 2.75) is 39.5 Å². The lowest BCUT2D eigenvalue weighted by atomic mass is 9.97. The standard InChI is InChI=1S/C19H28N4O3S/c1-19(2,3)13-20-18(24)16-15-9-5-6-11-23(15)17(21-16)14-8-7-10-22(12-14)27(4,25)26/h5-6,9,11,14H,7-8,10,12-13H2,1-4H3,(H,20,24)/t14-/m1/s1. The molecule has 3 heterocycles. The Labute approximate surface area is 160 Å². The number of carbonyl (C=O) groups is 1. The summed E-state index contributed by atoms with van der Waals surface area (Å²) >= 11 is 0. The van der Waals surface area contributed by atoms with Gasteiger partial charge in [0.1, 0.15) is 5.82 Å². The summed E-state index contributed by atoms with van der Waals surface area (Å²) < 4.78 is 27.3.